The Balaban J connectivity index is 1.90. The molecule has 7 nitrogen and oxygen atoms in total. The first-order valence-corrected chi connectivity index (χ1v) is 13.5. The Bertz CT molecular complexity index is 1470. The molecule has 0 aliphatic heterocycles. The zero-order valence-corrected chi connectivity index (χ0v) is 23.7. The SMILES string of the molecule is Cc1ccc(C(=O)N(CC[C@H](N)CF)C(c2nc(-c3cc(F)ccc3F)nn2Cc2ccccc2)C(C)(C)C)cn1. The molecule has 0 fully saturated rings. The third kappa shape index (κ3) is 7.18. The van der Waals surface area contributed by atoms with E-state index in [0.29, 0.717) is 11.4 Å². The lowest BCUT2D eigenvalue weighted by atomic mass is 9.84. The zero-order chi connectivity index (χ0) is 29.7. The van der Waals surface area contributed by atoms with E-state index in [2.05, 4.69) is 10.1 Å². The molecule has 0 saturated heterocycles. The van der Waals surface area contributed by atoms with Gasteiger partial charge in [-0.1, -0.05) is 51.1 Å². The number of hydrogen-bond donors (Lipinski definition) is 1. The molecule has 1 unspecified atom stereocenters. The van der Waals surface area contributed by atoms with Gasteiger partial charge in [0.1, 0.15) is 18.3 Å². The molecule has 0 aliphatic rings. The van der Waals surface area contributed by atoms with Crippen LogP contribution in [0.15, 0.2) is 66.9 Å². The molecular formula is C31H35F3N6O. The minimum atomic E-state index is -0.763. The average Bonchev–Trinajstić information content (AvgIpc) is 3.34. The molecule has 1 amide bonds. The van der Waals surface area contributed by atoms with Crippen LogP contribution in [-0.4, -0.2) is 49.8 Å². The number of aryl methyl sites for hydroxylation is 1. The summed E-state index contributed by atoms with van der Waals surface area (Å²) in [7, 11) is 0. The van der Waals surface area contributed by atoms with Gasteiger partial charge in [0, 0.05) is 24.5 Å². The van der Waals surface area contributed by atoms with E-state index in [0.717, 1.165) is 29.5 Å². The zero-order valence-electron chi connectivity index (χ0n) is 23.7. The predicted octanol–water partition coefficient (Wildman–Crippen LogP) is 5.89. The number of carbonyl (C=O) groups is 1. The van der Waals surface area contributed by atoms with Gasteiger partial charge in [-0.2, -0.15) is 5.10 Å². The Morgan fingerprint density at radius 2 is 1.80 bits per heavy atom. The number of aromatic nitrogens is 4. The molecule has 2 aromatic heterocycles. The Morgan fingerprint density at radius 1 is 1.07 bits per heavy atom. The highest BCUT2D eigenvalue weighted by Gasteiger charge is 2.39. The number of benzene rings is 2. The molecule has 4 aromatic rings. The summed E-state index contributed by atoms with van der Waals surface area (Å²) >= 11 is 0. The molecule has 0 aliphatic carbocycles. The fourth-order valence-corrected chi connectivity index (χ4v) is 4.70. The fourth-order valence-electron chi connectivity index (χ4n) is 4.70. The second kappa shape index (κ2) is 12.6. The first kappa shape index (κ1) is 29.9. The lowest BCUT2D eigenvalue weighted by molar-refractivity contribution is 0.0469. The van der Waals surface area contributed by atoms with E-state index in [1.165, 1.54) is 6.20 Å². The number of halogens is 3. The summed E-state index contributed by atoms with van der Waals surface area (Å²) in [5.74, 6) is -1.26. The van der Waals surface area contributed by atoms with Crippen LogP contribution in [0.5, 0.6) is 0 Å². The van der Waals surface area contributed by atoms with Crippen molar-refractivity contribution < 1.29 is 18.0 Å². The quantitative estimate of drug-likeness (QED) is 0.259. The minimum Gasteiger partial charge on any atom is -0.328 e. The standard InChI is InChI=1S/C31H35F3N6O/c1-20-10-11-22(18-36-20)30(41)39(15-14-24(35)17-32)27(31(2,3)4)29-37-28(25-16-23(33)12-13-26(25)34)38-40(29)19-21-8-6-5-7-9-21/h5-13,16,18,24,27H,14-15,17,19,35H2,1-4H3/t24-,27?/m0/s1. The third-order valence-corrected chi connectivity index (χ3v) is 6.78. The van der Waals surface area contributed by atoms with Crippen LogP contribution in [0.1, 0.15) is 60.7 Å². The van der Waals surface area contributed by atoms with Gasteiger partial charge in [-0.3, -0.25) is 9.78 Å². The molecule has 41 heavy (non-hydrogen) atoms. The largest absolute Gasteiger partial charge is 0.328 e. The Morgan fingerprint density at radius 3 is 2.44 bits per heavy atom. The third-order valence-electron chi connectivity index (χ3n) is 6.78. The molecule has 2 atom stereocenters. The number of carbonyl (C=O) groups excluding carboxylic acids is 1. The number of amides is 1. The summed E-state index contributed by atoms with van der Waals surface area (Å²) in [5.41, 5.74) is 7.23. The second-order valence-electron chi connectivity index (χ2n) is 11.2. The van der Waals surface area contributed by atoms with Crippen LogP contribution < -0.4 is 5.73 Å². The van der Waals surface area contributed by atoms with Crippen molar-refractivity contribution in [1.82, 2.24) is 24.6 Å². The van der Waals surface area contributed by atoms with E-state index >= 15 is 0 Å². The normalized spacial score (nSPS) is 13.2. The molecule has 2 aromatic carbocycles. The smallest absolute Gasteiger partial charge is 0.256 e. The van der Waals surface area contributed by atoms with E-state index in [1.54, 1.807) is 21.7 Å². The summed E-state index contributed by atoms with van der Waals surface area (Å²) in [6.45, 7) is 7.33. The van der Waals surface area contributed by atoms with Crippen molar-refractivity contribution in [3.63, 3.8) is 0 Å². The van der Waals surface area contributed by atoms with Crippen LogP contribution >= 0.6 is 0 Å². The molecule has 0 saturated carbocycles. The Kier molecular flexibility index (Phi) is 9.22. The van der Waals surface area contributed by atoms with Crippen molar-refractivity contribution >= 4 is 5.91 Å². The van der Waals surface area contributed by atoms with Gasteiger partial charge in [-0.15, -0.1) is 0 Å². The van der Waals surface area contributed by atoms with Crippen molar-refractivity contribution in [1.29, 1.82) is 0 Å². The van der Waals surface area contributed by atoms with Gasteiger partial charge in [0.25, 0.3) is 5.91 Å². The molecule has 0 radical (unpaired) electrons. The monoisotopic (exact) mass is 564 g/mol. The number of rotatable bonds is 10. The van der Waals surface area contributed by atoms with Gasteiger partial charge in [-0.05, 0) is 54.7 Å². The van der Waals surface area contributed by atoms with E-state index in [4.69, 9.17) is 10.7 Å². The number of pyridine rings is 1. The van der Waals surface area contributed by atoms with Crippen molar-refractivity contribution in [3.8, 4) is 11.4 Å². The first-order chi connectivity index (χ1) is 19.5. The summed E-state index contributed by atoms with van der Waals surface area (Å²) in [6, 6.07) is 14.6. The van der Waals surface area contributed by atoms with E-state index in [1.807, 2.05) is 58.0 Å². The lowest BCUT2D eigenvalue weighted by Crippen LogP contribution is -2.44. The Labute approximate surface area is 238 Å². The average molecular weight is 565 g/mol. The summed E-state index contributed by atoms with van der Waals surface area (Å²) in [6.07, 6.45) is 1.70. The fraction of sp³-hybridized carbons (Fsp3) is 0.355. The molecule has 10 heteroatoms. The van der Waals surface area contributed by atoms with Gasteiger partial charge >= 0.3 is 0 Å². The summed E-state index contributed by atoms with van der Waals surface area (Å²) in [4.78, 5) is 24.7. The van der Waals surface area contributed by atoms with Gasteiger partial charge in [-0.25, -0.2) is 22.8 Å². The minimum absolute atomic E-state index is 0.00737. The second-order valence-corrected chi connectivity index (χ2v) is 11.2. The number of alkyl halides is 1. The maximum absolute atomic E-state index is 14.9. The molecular weight excluding hydrogens is 529 g/mol. The van der Waals surface area contributed by atoms with Crippen molar-refractivity contribution in [2.75, 3.05) is 13.2 Å². The molecule has 216 valence electrons. The van der Waals surface area contributed by atoms with E-state index in [-0.39, 0.29) is 36.8 Å². The molecule has 2 N–H and O–H groups in total. The highest BCUT2D eigenvalue weighted by molar-refractivity contribution is 5.94. The number of hydrogen-bond acceptors (Lipinski definition) is 5. The topological polar surface area (TPSA) is 89.9 Å². The first-order valence-electron chi connectivity index (χ1n) is 13.5. The maximum Gasteiger partial charge on any atom is 0.256 e. The van der Waals surface area contributed by atoms with Crippen molar-refractivity contribution in [3.05, 3.63) is 101 Å². The Hall–Kier alpha value is -4.05. The van der Waals surface area contributed by atoms with Crippen LogP contribution in [0, 0.1) is 24.0 Å². The van der Waals surface area contributed by atoms with Crippen LogP contribution in [0.2, 0.25) is 0 Å². The van der Waals surface area contributed by atoms with Gasteiger partial charge in [0.2, 0.25) is 0 Å². The highest BCUT2D eigenvalue weighted by Crippen LogP contribution is 2.39. The molecule has 0 bridgehead atoms. The number of nitrogens with two attached hydrogens (primary N) is 1. The molecule has 2 heterocycles. The van der Waals surface area contributed by atoms with Crippen LogP contribution in [0.4, 0.5) is 13.2 Å². The maximum atomic E-state index is 14.9. The molecule has 0 spiro atoms. The van der Waals surface area contributed by atoms with Crippen molar-refractivity contribution in [2.24, 2.45) is 11.1 Å². The summed E-state index contributed by atoms with van der Waals surface area (Å²) < 4.78 is 44.1. The van der Waals surface area contributed by atoms with E-state index in [9.17, 15) is 18.0 Å². The van der Waals surface area contributed by atoms with Crippen molar-refractivity contribution in [2.45, 2.75) is 52.7 Å². The number of nitrogens with zero attached hydrogens (tertiary/aromatic N) is 5. The highest BCUT2D eigenvalue weighted by atomic mass is 19.1. The lowest BCUT2D eigenvalue weighted by Gasteiger charge is -2.40. The molecule has 4 rings (SSSR count). The van der Waals surface area contributed by atoms with Gasteiger partial charge in [0.05, 0.1) is 23.7 Å². The van der Waals surface area contributed by atoms with Gasteiger partial charge in [0.15, 0.2) is 11.6 Å². The van der Waals surface area contributed by atoms with Crippen LogP contribution in [-0.2, 0) is 6.54 Å². The van der Waals surface area contributed by atoms with Crippen LogP contribution in [0.25, 0.3) is 11.4 Å². The predicted molar refractivity (Wildman–Crippen MR) is 152 cm³/mol. The summed E-state index contributed by atoms with van der Waals surface area (Å²) in [5, 5.41) is 4.61. The van der Waals surface area contributed by atoms with Crippen LogP contribution in [0.3, 0.4) is 0 Å². The van der Waals surface area contributed by atoms with E-state index < -0.39 is 35.8 Å². The van der Waals surface area contributed by atoms with Gasteiger partial charge < -0.3 is 10.6 Å².